The second-order valence-electron chi connectivity index (χ2n) is 3.37. The molecule has 0 aromatic heterocycles. The molecule has 0 bridgehead atoms. The van der Waals surface area contributed by atoms with Crippen LogP contribution < -0.4 is 4.74 Å². The first kappa shape index (κ1) is 11.5. The highest BCUT2D eigenvalue weighted by atomic mass is 16.5. The predicted molar refractivity (Wildman–Crippen MR) is 61.4 cm³/mol. The predicted octanol–water partition coefficient (Wildman–Crippen LogP) is 3.23. The number of carbonyl (C=O) groups is 1. The fourth-order valence-corrected chi connectivity index (χ4v) is 1.35. The van der Waals surface area contributed by atoms with Crippen molar-refractivity contribution in [1.82, 2.24) is 0 Å². The summed E-state index contributed by atoms with van der Waals surface area (Å²) < 4.78 is 5.67. The minimum atomic E-state index is 0.0249. The Hall–Kier alpha value is -1.57. The van der Waals surface area contributed by atoms with Crippen molar-refractivity contribution in [2.45, 2.75) is 25.9 Å². The Kier molecular flexibility index (Phi) is 4.61. The van der Waals surface area contributed by atoms with Crippen molar-refractivity contribution < 1.29 is 9.53 Å². The summed E-state index contributed by atoms with van der Waals surface area (Å²) >= 11 is 0. The van der Waals surface area contributed by atoms with Crippen molar-refractivity contribution in [1.29, 1.82) is 0 Å². The van der Waals surface area contributed by atoms with E-state index in [9.17, 15) is 4.79 Å². The summed E-state index contributed by atoms with van der Waals surface area (Å²) in [6.07, 6.45) is 4.61. The van der Waals surface area contributed by atoms with E-state index in [-0.39, 0.29) is 6.10 Å². The van der Waals surface area contributed by atoms with Gasteiger partial charge in [-0.05, 0) is 18.6 Å². The second kappa shape index (κ2) is 6.02. The average molecular weight is 204 g/mol. The molecular formula is C13H16O2. The van der Waals surface area contributed by atoms with Crippen LogP contribution in [0.25, 0.3) is 0 Å². The molecule has 0 heterocycles. The molecule has 1 rings (SSSR count). The van der Waals surface area contributed by atoms with Gasteiger partial charge in [-0.2, -0.15) is 0 Å². The number of aldehydes is 1. The number of carbonyl (C=O) groups excluding carboxylic acids is 1. The first-order valence-electron chi connectivity index (χ1n) is 5.14. The lowest BCUT2D eigenvalue weighted by Gasteiger charge is -2.14. The smallest absolute Gasteiger partial charge is 0.150 e. The SMILES string of the molecule is C=C[C@@H](CCC)Oc1cccc(C=O)c1. The van der Waals surface area contributed by atoms with Crippen molar-refractivity contribution in [3.05, 3.63) is 42.5 Å². The zero-order valence-corrected chi connectivity index (χ0v) is 8.98. The number of ether oxygens (including phenoxy) is 1. The first-order valence-corrected chi connectivity index (χ1v) is 5.14. The van der Waals surface area contributed by atoms with Crippen molar-refractivity contribution in [3.63, 3.8) is 0 Å². The summed E-state index contributed by atoms with van der Waals surface area (Å²) in [6.45, 7) is 5.82. The summed E-state index contributed by atoms with van der Waals surface area (Å²) in [6, 6.07) is 7.14. The quantitative estimate of drug-likeness (QED) is 0.525. The molecule has 0 saturated carbocycles. The molecule has 1 aromatic carbocycles. The van der Waals surface area contributed by atoms with Gasteiger partial charge in [0.2, 0.25) is 0 Å². The standard InChI is InChI=1S/C13H16O2/c1-3-6-12(4-2)15-13-8-5-7-11(9-13)10-14/h4-5,7-10,12H,2-3,6H2,1H3/t12-/m0/s1. The summed E-state index contributed by atoms with van der Waals surface area (Å²) in [4.78, 5) is 10.6. The van der Waals surface area contributed by atoms with Crippen molar-refractivity contribution in [2.75, 3.05) is 0 Å². The van der Waals surface area contributed by atoms with Crippen LogP contribution in [-0.2, 0) is 0 Å². The Balaban J connectivity index is 2.69. The van der Waals surface area contributed by atoms with Crippen molar-refractivity contribution >= 4 is 6.29 Å². The normalized spacial score (nSPS) is 11.8. The lowest BCUT2D eigenvalue weighted by molar-refractivity contribution is 0.112. The van der Waals surface area contributed by atoms with Crippen LogP contribution in [-0.4, -0.2) is 12.4 Å². The Labute approximate surface area is 90.6 Å². The molecule has 15 heavy (non-hydrogen) atoms. The third-order valence-corrected chi connectivity index (χ3v) is 2.12. The van der Waals surface area contributed by atoms with Gasteiger partial charge in [0.25, 0.3) is 0 Å². The molecule has 0 spiro atoms. The Morgan fingerprint density at radius 2 is 2.33 bits per heavy atom. The van der Waals surface area contributed by atoms with E-state index in [1.165, 1.54) is 0 Å². The lowest BCUT2D eigenvalue weighted by atomic mass is 10.2. The molecule has 0 radical (unpaired) electrons. The van der Waals surface area contributed by atoms with Gasteiger partial charge < -0.3 is 4.74 Å². The number of hydrogen-bond acceptors (Lipinski definition) is 2. The van der Waals surface area contributed by atoms with Crippen molar-refractivity contribution in [2.24, 2.45) is 0 Å². The summed E-state index contributed by atoms with van der Waals surface area (Å²) in [7, 11) is 0. The lowest BCUT2D eigenvalue weighted by Crippen LogP contribution is -2.12. The topological polar surface area (TPSA) is 26.3 Å². The molecule has 0 amide bonds. The zero-order chi connectivity index (χ0) is 11.1. The van der Waals surface area contributed by atoms with E-state index in [1.54, 1.807) is 18.2 Å². The molecule has 1 atom stereocenters. The van der Waals surface area contributed by atoms with Crippen LogP contribution in [0, 0.1) is 0 Å². The van der Waals surface area contributed by atoms with Crippen LogP contribution >= 0.6 is 0 Å². The van der Waals surface area contributed by atoms with Gasteiger partial charge in [-0.15, -0.1) is 0 Å². The maximum Gasteiger partial charge on any atom is 0.150 e. The Bertz CT molecular complexity index is 331. The molecule has 2 heteroatoms. The summed E-state index contributed by atoms with van der Waals surface area (Å²) in [5.74, 6) is 0.720. The van der Waals surface area contributed by atoms with Crippen LogP contribution in [0.5, 0.6) is 5.75 Å². The van der Waals surface area contributed by atoms with Crippen LogP contribution in [0.4, 0.5) is 0 Å². The summed E-state index contributed by atoms with van der Waals surface area (Å²) in [5, 5.41) is 0. The molecule has 0 fully saturated rings. The van der Waals surface area contributed by atoms with Crippen LogP contribution in [0.15, 0.2) is 36.9 Å². The van der Waals surface area contributed by atoms with Crippen LogP contribution in [0.3, 0.4) is 0 Å². The van der Waals surface area contributed by atoms with Gasteiger partial charge in [0.05, 0.1) is 0 Å². The van der Waals surface area contributed by atoms with Gasteiger partial charge in [0.15, 0.2) is 0 Å². The molecule has 0 N–H and O–H groups in total. The monoisotopic (exact) mass is 204 g/mol. The van der Waals surface area contributed by atoms with E-state index >= 15 is 0 Å². The highest BCUT2D eigenvalue weighted by Crippen LogP contribution is 2.16. The highest BCUT2D eigenvalue weighted by Gasteiger charge is 2.04. The van der Waals surface area contributed by atoms with E-state index in [2.05, 4.69) is 13.5 Å². The maximum atomic E-state index is 10.6. The fourth-order valence-electron chi connectivity index (χ4n) is 1.35. The van der Waals surface area contributed by atoms with Crippen molar-refractivity contribution in [3.8, 4) is 5.75 Å². The maximum absolute atomic E-state index is 10.6. The largest absolute Gasteiger partial charge is 0.486 e. The first-order chi connectivity index (χ1) is 7.30. The third-order valence-electron chi connectivity index (χ3n) is 2.12. The van der Waals surface area contributed by atoms with Gasteiger partial charge in [-0.25, -0.2) is 0 Å². The van der Waals surface area contributed by atoms with Crippen LogP contribution in [0.1, 0.15) is 30.1 Å². The minimum absolute atomic E-state index is 0.0249. The molecular weight excluding hydrogens is 188 g/mol. The zero-order valence-electron chi connectivity index (χ0n) is 8.98. The average Bonchev–Trinajstić information content (AvgIpc) is 2.29. The number of hydrogen-bond donors (Lipinski definition) is 0. The van der Waals surface area contributed by atoms with Crippen LogP contribution in [0.2, 0.25) is 0 Å². The molecule has 80 valence electrons. The molecule has 2 nitrogen and oxygen atoms in total. The molecule has 0 saturated heterocycles. The fraction of sp³-hybridized carbons (Fsp3) is 0.308. The van der Waals surface area contributed by atoms with E-state index in [4.69, 9.17) is 4.74 Å². The molecule has 0 aliphatic rings. The Morgan fingerprint density at radius 3 is 2.93 bits per heavy atom. The van der Waals surface area contributed by atoms with Gasteiger partial charge in [0.1, 0.15) is 18.1 Å². The highest BCUT2D eigenvalue weighted by molar-refractivity contribution is 5.75. The molecule has 0 aliphatic heterocycles. The molecule has 1 aromatic rings. The number of rotatable bonds is 6. The van der Waals surface area contributed by atoms with E-state index in [0.29, 0.717) is 5.56 Å². The van der Waals surface area contributed by atoms with Gasteiger partial charge >= 0.3 is 0 Å². The minimum Gasteiger partial charge on any atom is -0.486 e. The Morgan fingerprint density at radius 1 is 1.53 bits per heavy atom. The number of benzene rings is 1. The van der Waals surface area contributed by atoms with Gasteiger partial charge in [-0.3, -0.25) is 4.79 Å². The van der Waals surface area contributed by atoms with E-state index in [0.717, 1.165) is 24.9 Å². The summed E-state index contributed by atoms with van der Waals surface area (Å²) in [5.41, 5.74) is 0.631. The second-order valence-corrected chi connectivity index (χ2v) is 3.37. The van der Waals surface area contributed by atoms with Gasteiger partial charge in [-0.1, -0.05) is 38.1 Å². The molecule has 0 aliphatic carbocycles. The van der Waals surface area contributed by atoms with E-state index < -0.39 is 0 Å². The van der Waals surface area contributed by atoms with E-state index in [1.807, 2.05) is 12.1 Å². The van der Waals surface area contributed by atoms with Gasteiger partial charge in [0, 0.05) is 5.56 Å². The third kappa shape index (κ3) is 3.58. The molecule has 0 unspecified atom stereocenters.